The summed E-state index contributed by atoms with van der Waals surface area (Å²) < 4.78 is 16.8. The lowest BCUT2D eigenvalue weighted by Crippen LogP contribution is -2.56. The zero-order chi connectivity index (χ0) is 15.5. The molecule has 6 heteroatoms. The first kappa shape index (κ1) is 15.1. The molecular weight excluding hydrogens is 284 g/mol. The Morgan fingerprint density at radius 1 is 1.41 bits per heavy atom. The first-order chi connectivity index (χ1) is 10.7. The second-order valence-electron chi connectivity index (χ2n) is 5.67. The lowest BCUT2D eigenvalue weighted by Gasteiger charge is -2.40. The van der Waals surface area contributed by atoms with Crippen molar-refractivity contribution in [3.8, 4) is 11.5 Å². The molecule has 1 saturated heterocycles. The molecular formula is C16H22N2O4. The molecule has 0 aliphatic carbocycles. The molecule has 1 aromatic rings. The Labute approximate surface area is 130 Å². The van der Waals surface area contributed by atoms with E-state index in [1.54, 1.807) is 7.11 Å². The molecule has 2 aliphatic rings. The Morgan fingerprint density at radius 2 is 2.18 bits per heavy atom. The van der Waals surface area contributed by atoms with E-state index in [0.717, 1.165) is 12.8 Å². The predicted molar refractivity (Wildman–Crippen MR) is 80.9 cm³/mol. The molecule has 0 spiro atoms. The fourth-order valence-corrected chi connectivity index (χ4v) is 3.07. The van der Waals surface area contributed by atoms with Crippen LogP contribution in [0.4, 0.5) is 0 Å². The topological polar surface area (TPSA) is 74.0 Å². The maximum absolute atomic E-state index is 12.8. The maximum atomic E-state index is 12.8. The summed E-state index contributed by atoms with van der Waals surface area (Å²) in [6.45, 7) is 1.30. The van der Waals surface area contributed by atoms with Gasteiger partial charge in [0.25, 0.3) is 5.91 Å². The predicted octanol–water partition coefficient (Wildman–Crippen LogP) is 0.791. The van der Waals surface area contributed by atoms with Gasteiger partial charge in [0.2, 0.25) is 6.10 Å². The Morgan fingerprint density at radius 3 is 2.91 bits per heavy atom. The van der Waals surface area contributed by atoms with Crippen LogP contribution in [0.2, 0.25) is 0 Å². The zero-order valence-electron chi connectivity index (χ0n) is 12.7. The SMILES string of the molecule is COC1CCN(C(=O)C2COc3ccccc3O2)C(CN)C1. The lowest BCUT2D eigenvalue weighted by molar-refractivity contribution is -0.146. The third-order valence-electron chi connectivity index (χ3n) is 4.34. The summed E-state index contributed by atoms with van der Waals surface area (Å²) in [5, 5.41) is 0. The van der Waals surface area contributed by atoms with Gasteiger partial charge in [-0.3, -0.25) is 4.79 Å². The highest BCUT2D eigenvalue weighted by Gasteiger charge is 2.37. The number of hydrogen-bond acceptors (Lipinski definition) is 5. The smallest absolute Gasteiger partial charge is 0.267 e. The van der Waals surface area contributed by atoms with E-state index in [1.807, 2.05) is 29.2 Å². The van der Waals surface area contributed by atoms with Gasteiger partial charge in [-0.25, -0.2) is 0 Å². The number of methoxy groups -OCH3 is 1. The van der Waals surface area contributed by atoms with Gasteiger partial charge in [-0.05, 0) is 25.0 Å². The summed E-state index contributed by atoms with van der Waals surface area (Å²) in [4.78, 5) is 14.6. The van der Waals surface area contributed by atoms with Gasteiger partial charge in [0.1, 0.15) is 6.61 Å². The van der Waals surface area contributed by atoms with Crippen molar-refractivity contribution >= 4 is 5.91 Å². The molecule has 3 atom stereocenters. The standard InChI is InChI=1S/C16H22N2O4/c1-20-12-6-7-18(11(8-12)9-17)16(19)15-10-21-13-4-2-3-5-14(13)22-15/h2-5,11-12,15H,6-10,17H2,1H3. The number of nitrogens with two attached hydrogens (primary N) is 1. The molecule has 0 aromatic heterocycles. The third kappa shape index (κ3) is 2.89. The summed E-state index contributed by atoms with van der Waals surface area (Å²) in [6.07, 6.45) is 1.15. The van der Waals surface area contributed by atoms with Crippen LogP contribution in [0, 0.1) is 0 Å². The molecule has 22 heavy (non-hydrogen) atoms. The van der Waals surface area contributed by atoms with Gasteiger partial charge in [0, 0.05) is 26.2 Å². The average molecular weight is 306 g/mol. The normalized spacial score (nSPS) is 27.5. The van der Waals surface area contributed by atoms with Crippen LogP contribution in [0.15, 0.2) is 24.3 Å². The van der Waals surface area contributed by atoms with Crippen molar-refractivity contribution in [2.24, 2.45) is 5.73 Å². The quantitative estimate of drug-likeness (QED) is 0.894. The molecule has 1 fully saturated rings. The van der Waals surface area contributed by atoms with E-state index in [-0.39, 0.29) is 24.7 Å². The summed E-state index contributed by atoms with van der Waals surface area (Å²) in [7, 11) is 1.70. The molecule has 3 rings (SSSR count). The van der Waals surface area contributed by atoms with Gasteiger partial charge in [-0.1, -0.05) is 12.1 Å². The van der Waals surface area contributed by atoms with Crippen LogP contribution >= 0.6 is 0 Å². The summed E-state index contributed by atoms with van der Waals surface area (Å²) in [5.41, 5.74) is 5.83. The maximum Gasteiger partial charge on any atom is 0.267 e. The molecule has 0 saturated carbocycles. The van der Waals surface area contributed by atoms with Crippen LogP contribution in [-0.4, -0.2) is 55.9 Å². The zero-order valence-corrected chi connectivity index (χ0v) is 12.7. The number of piperidine rings is 1. The number of amides is 1. The van der Waals surface area contributed by atoms with E-state index in [1.165, 1.54) is 0 Å². The molecule has 3 unspecified atom stereocenters. The van der Waals surface area contributed by atoms with Gasteiger partial charge >= 0.3 is 0 Å². The number of carbonyl (C=O) groups is 1. The van der Waals surface area contributed by atoms with Crippen LogP contribution in [0.1, 0.15) is 12.8 Å². The van der Waals surface area contributed by atoms with Gasteiger partial charge in [0.15, 0.2) is 11.5 Å². The largest absolute Gasteiger partial charge is 0.485 e. The molecule has 6 nitrogen and oxygen atoms in total. The minimum absolute atomic E-state index is 0.00743. The number of hydrogen-bond donors (Lipinski definition) is 1. The minimum Gasteiger partial charge on any atom is -0.485 e. The van der Waals surface area contributed by atoms with E-state index >= 15 is 0 Å². The summed E-state index contributed by atoms with van der Waals surface area (Å²) >= 11 is 0. The fraction of sp³-hybridized carbons (Fsp3) is 0.562. The first-order valence-corrected chi connectivity index (χ1v) is 7.64. The third-order valence-corrected chi connectivity index (χ3v) is 4.34. The number of rotatable bonds is 3. The Hall–Kier alpha value is -1.79. The molecule has 2 heterocycles. The van der Waals surface area contributed by atoms with Crippen LogP contribution < -0.4 is 15.2 Å². The summed E-state index contributed by atoms with van der Waals surface area (Å²) in [5.74, 6) is 1.24. The van der Waals surface area contributed by atoms with Crippen molar-refractivity contribution in [2.45, 2.75) is 31.1 Å². The Balaban J connectivity index is 1.69. The second-order valence-corrected chi connectivity index (χ2v) is 5.67. The van der Waals surface area contributed by atoms with Gasteiger partial charge in [-0.2, -0.15) is 0 Å². The Kier molecular flexibility index (Phi) is 4.49. The number of ether oxygens (including phenoxy) is 3. The molecule has 0 radical (unpaired) electrons. The van der Waals surface area contributed by atoms with E-state index < -0.39 is 6.10 Å². The number of likely N-dealkylation sites (tertiary alicyclic amines) is 1. The number of carbonyl (C=O) groups excluding carboxylic acids is 1. The molecule has 120 valence electrons. The highest BCUT2D eigenvalue weighted by Crippen LogP contribution is 2.32. The second kappa shape index (κ2) is 6.54. The first-order valence-electron chi connectivity index (χ1n) is 7.64. The van der Waals surface area contributed by atoms with Crippen molar-refractivity contribution in [3.63, 3.8) is 0 Å². The van der Waals surface area contributed by atoms with Crippen molar-refractivity contribution in [1.29, 1.82) is 0 Å². The van der Waals surface area contributed by atoms with Crippen LogP contribution in [0.25, 0.3) is 0 Å². The van der Waals surface area contributed by atoms with Gasteiger partial charge < -0.3 is 24.8 Å². The van der Waals surface area contributed by atoms with E-state index in [9.17, 15) is 4.79 Å². The minimum atomic E-state index is -0.608. The number of benzene rings is 1. The van der Waals surface area contributed by atoms with Crippen molar-refractivity contribution in [1.82, 2.24) is 4.90 Å². The van der Waals surface area contributed by atoms with E-state index in [4.69, 9.17) is 19.9 Å². The monoisotopic (exact) mass is 306 g/mol. The number of para-hydroxylation sites is 2. The van der Waals surface area contributed by atoms with E-state index in [2.05, 4.69) is 0 Å². The molecule has 2 aliphatic heterocycles. The molecule has 0 bridgehead atoms. The lowest BCUT2D eigenvalue weighted by atomic mass is 9.98. The highest BCUT2D eigenvalue weighted by atomic mass is 16.6. The molecule has 1 aromatic carbocycles. The van der Waals surface area contributed by atoms with Crippen molar-refractivity contribution in [2.75, 3.05) is 26.8 Å². The van der Waals surface area contributed by atoms with Crippen molar-refractivity contribution < 1.29 is 19.0 Å². The molecule has 1 amide bonds. The highest BCUT2D eigenvalue weighted by molar-refractivity contribution is 5.82. The Bertz CT molecular complexity index is 537. The number of nitrogens with zero attached hydrogens (tertiary/aromatic N) is 1. The summed E-state index contributed by atoms with van der Waals surface area (Å²) in [6, 6.07) is 7.38. The fourth-order valence-electron chi connectivity index (χ4n) is 3.07. The van der Waals surface area contributed by atoms with Crippen molar-refractivity contribution in [3.05, 3.63) is 24.3 Å². The molecule has 2 N–H and O–H groups in total. The van der Waals surface area contributed by atoms with Crippen LogP contribution in [0.3, 0.4) is 0 Å². The van der Waals surface area contributed by atoms with E-state index in [0.29, 0.717) is 24.6 Å². The van der Waals surface area contributed by atoms with Crippen LogP contribution in [0.5, 0.6) is 11.5 Å². The van der Waals surface area contributed by atoms with Gasteiger partial charge in [-0.15, -0.1) is 0 Å². The average Bonchev–Trinajstić information content (AvgIpc) is 2.60. The van der Waals surface area contributed by atoms with Crippen LogP contribution in [-0.2, 0) is 9.53 Å². The number of fused-ring (bicyclic) bond motifs is 1. The van der Waals surface area contributed by atoms with Gasteiger partial charge in [0.05, 0.1) is 6.10 Å².